The minimum absolute atomic E-state index is 0.160. The highest BCUT2D eigenvalue weighted by Gasteiger charge is 2.23. The molecule has 0 fully saturated rings. The second kappa shape index (κ2) is 7.34. The third-order valence-electron chi connectivity index (χ3n) is 5.79. The summed E-state index contributed by atoms with van der Waals surface area (Å²) in [6, 6.07) is 16.7. The first-order valence-corrected chi connectivity index (χ1v) is 10.3. The molecule has 2 N–H and O–H groups in total. The number of fused-ring (bicyclic) bond motifs is 1. The van der Waals surface area contributed by atoms with Crippen LogP contribution in [0, 0.1) is 6.92 Å². The minimum atomic E-state index is -0.160. The SMILES string of the molecule is Cc1[nH]c2c(C3=CCCCC3)c(-c3ccccc3)nn2c(=O)c1-c1ccc(O)cc1. The van der Waals surface area contributed by atoms with Gasteiger partial charge in [-0.15, -0.1) is 0 Å². The lowest BCUT2D eigenvalue weighted by molar-refractivity contribution is 0.475. The van der Waals surface area contributed by atoms with Gasteiger partial charge in [0.15, 0.2) is 0 Å². The summed E-state index contributed by atoms with van der Waals surface area (Å²) in [6.07, 6.45) is 6.67. The molecule has 2 heterocycles. The molecule has 5 heteroatoms. The Morgan fingerprint density at radius 1 is 0.967 bits per heavy atom. The van der Waals surface area contributed by atoms with E-state index in [1.165, 1.54) is 16.5 Å². The number of hydrogen-bond donors (Lipinski definition) is 2. The lowest BCUT2D eigenvalue weighted by atomic mass is 9.92. The Morgan fingerprint density at radius 2 is 1.73 bits per heavy atom. The summed E-state index contributed by atoms with van der Waals surface area (Å²) in [4.78, 5) is 17.0. The third kappa shape index (κ3) is 3.03. The molecule has 0 atom stereocenters. The van der Waals surface area contributed by atoms with Crippen molar-refractivity contribution in [1.82, 2.24) is 14.6 Å². The summed E-state index contributed by atoms with van der Waals surface area (Å²) < 4.78 is 1.50. The van der Waals surface area contributed by atoms with Crippen molar-refractivity contribution in [2.45, 2.75) is 32.6 Å². The van der Waals surface area contributed by atoms with Crippen molar-refractivity contribution in [3.8, 4) is 28.1 Å². The number of aromatic amines is 1. The number of benzene rings is 2. The van der Waals surface area contributed by atoms with Crippen molar-refractivity contribution in [2.24, 2.45) is 0 Å². The number of aryl methyl sites for hydroxylation is 1. The molecule has 4 aromatic rings. The normalized spacial score (nSPS) is 14.1. The summed E-state index contributed by atoms with van der Waals surface area (Å²) in [5, 5.41) is 14.4. The first-order valence-electron chi connectivity index (χ1n) is 10.3. The van der Waals surface area contributed by atoms with E-state index in [9.17, 15) is 9.90 Å². The molecule has 2 aromatic heterocycles. The van der Waals surface area contributed by atoms with Crippen molar-refractivity contribution in [1.29, 1.82) is 0 Å². The molecular formula is C25H23N3O2. The van der Waals surface area contributed by atoms with Gasteiger partial charge in [-0.25, -0.2) is 0 Å². The largest absolute Gasteiger partial charge is 0.508 e. The Morgan fingerprint density at radius 3 is 2.43 bits per heavy atom. The molecule has 0 unspecified atom stereocenters. The molecule has 1 aliphatic carbocycles. The number of H-pyrrole nitrogens is 1. The van der Waals surface area contributed by atoms with E-state index in [1.807, 2.05) is 37.3 Å². The number of allylic oxidation sites excluding steroid dienone is 2. The predicted molar refractivity (Wildman–Crippen MR) is 120 cm³/mol. The van der Waals surface area contributed by atoms with Gasteiger partial charge in [0.05, 0.1) is 5.56 Å². The van der Waals surface area contributed by atoms with Gasteiger partial charge in [-0.05, 0) is 55.9 Å². The highest BCUT2D eigenvalue weighted by atomic mass is 16.3. The van der Waals surface area contributed by atoms with Gasteiger partial charge >= 0.3 is 0 Å². The quantitative estimate of drug-likeness (QED) is 0.491. The van der Waals surface area contributed by atoms with Gasteiger partial charge in [0, 0.05) is 16.8 Å². The molecule has 5 nitrogen and oxygen atoms in total. The number of aromatic hydroxyl groups is 1. The number of nitrogens with one attached hydrogen (secondary N) is 1. The fourth-order valence-corrected chi connectivity index (χ4v) is 4.32. The van der Waals surface area contributed by atoms with E-state index in [-0.39, 0.29) is 11.3 Å². The highest BCUT2D eigenvalue weighted by Crippen LogP contribution is 2.36. The number of phenolic OH excluding ortho intramolecular Hbond substituents is 1. The molecule has 1 aliphatic rings. The Hall–Kier alpha value is -3.60. The van der Waals surface area contributed by atoms with Crippen LogP contribution in [-0.4, -0.2) is 19.7 Å². The van der Waals surface area contributed by atoms with Crippen LogP contribution in [0.2, 0.25) is 0 Å². The summed E-state index contributed by atoms with van der Waals surface area (Å²) in [5.41, 5.74) is 6.80. The van der Waals surface area contributed by atoms with Crippen LogP contribution in [0.25, 0.3) is 33.6 Å². The highest BCUT2D eigenvalue weighted by molar-refractivity contribution is 5.88. The second-order valence-electron chi connectivity index (χ2n) is 7.80. The fraction of sp³-hybridized carbons (Fsp3) is 0.200. The monoisotopic (exact) mass is 397 g/mol. The molecule has 0 saturated carbocycles. The second-order valence-corrected chi connectivity index (χ2v) is 7.80. The predicted octanol–water partition coefficient (Wildman–Crippen LogP) is 5.33. The lowest BCUT2D eigenvalue weighted by Crippen LogP contribution is -2.19. The maximum absolute atomic E-state index is 13.5. The molecule has 0 amide bonds. The average Bonchev–Trinajstić information content (AvgIpc) is 3.16. The van der Waals surface area contributed by atoms with Gasteiger partial charge in [0.2, 0.25) is 0 Å². The van der Waals surface area contributed by atoms with Gasteiger partial charge < -0.3 is 10.1 Å². The van der Waals surface area contributed by atoms with Crippen LogP contribution in [0.4, 0.5) is 0 Å². The van der Waals surface area contributed by atoms with Gasteiger partial charge in [-0.3, -0.25) is 4.79 Å². The van der Waals surface area contributed by atoms with Crippen molar-refractivity contribution in [2.75, 3.05) is 0 Å². The van der Waals surface area contributed by atoms with Crippen LogP contribution in [0.15, 0.2) is 65.5 Å². The van der Waals surface area contributed by atoms with E-state index in [0.29, 0.717) is 5.56 Å². The fourth-order valence-electron chi connectivity index (χ4n) is 4.32. The number of nitrogens with zero attached hydrogens (tertiary/aromatic N) is 2. The van der Waals surface area contributed by atoms with Crippen LogP contribution < -0.4 is 5.56 Å². The van der Waals surface area contributed by atoms with E-state index in [4.69, 9.17) is 5.10 Å². The smallest absolute Gasteiger partial charge is 0.282 e. The summed E-state index contributed by atoms with van der Waals surface area (Å²) in [7, 11) is 0. The molecule has 0 spiro atoms. The van der Waals surface area contributed by atoms with Crippen LogP contribution in [0.5, 0.6) is 5.75 Å². The number of hydrogen-bond acceptors (Lipinski definition) is 3. The Kier molecular flexibility index (Phi) is 4.51. The zero-order valence-electron chi connectivity index (χ0n) is 16.9. The third-order valence-corrected chi connectivity index (χ3v) is 5.79. The summed E-state index contributed by atoms with van der Waals surface area (Å²) in [5.74, 6) is 0.172. The molecule has 0 saturated heterocycles. The van der Waals surface area contributed by atoms with Crippen LogP contribution in [-0.2, 0) is 0 Å². The van der Waals surface area contributed by atoms with E-state index in [1.54, 1.807) is 24.3 Å². The van der Waals surface area contributed by atoms with E-state index < -0.39 is 0 Å². The van der Waals surface area contributed by atoms with Crippen molar-refractivity contribution in [3.63, 3.8) is 0 Å². The van der Waals surface area contributed by atoms with E-state index >= 15 is 0 Å². The van der Waals surface area contributed by atoms with Crippen molar-refractivity contribution in [3.05, 3.63) is 82.3 Å². The van der Waals surface area contributed by atoms with Crippen LogP contribution in [0.1, 0.15) is 36.9 Å². The zero-order valence-corrected chi connectivity index (χ0v) is 16.9. The van der Waals surface area contributed by atoms with Gasteiger partial charge in [-0.2, -0.15) is 9.61 Å². The standard InChI is InChI=1S/C25H23N3O2/c1-16-21(18-12-14-20(29)15-13-18)25(30)28-24(26-16)22(17-8-4-2-5-9-17)23(27-28)19-10-6-3-7-11-19/h3,6-8,10-15,26,29H,2,4-5,9H2,1H3. The minimum Gasteiger partial charge on any atom is -0.508 e. The van der Waals surface area contributed by atoms with Gasteiger partial charge in [0.1, 0.15) is 17.1 Å². The number of aromatic nitrogens is 3. The Balaban J connectivity index is 1.82. The maximum atomic E-state index is 13.5. The van der Waals surface area contributed by atoms with E-state index in [0.717, 1.165) is 53.0 Å². The Bertz CT molecular complexity index is 1310. The molecule has 30 heavy (non-hydrogen) atoms. The van der Waals surface area contributed by atoms with Crippen LogP contribution >= 0.6 is 0 Å². The van der Waals surface area contributed by atoms with E-state index in [2.05, 4.69) is 11.1 Å². The maximum Gasteiger partial charge on any atom is 0.282 e. The lowest BCUT2D eigenvalue weighted by Gasteiger charge is -2.14. The molecule has 0 radical (unpaired) electrons. The van der Waals surface area contributed by atoms with Gasteiger partial charge in [-0.1, -0.05) is 48.5 Å². The topological polar surface area (TPSA) is 70.4 Å². The molecule has 0 aliphatic heterocycles. The van der Waals surface area contributed by atoms with Crippen molar-refractivity contribution >= 4 is 11.2 Å². The number of phenols is 1. The molecule has 2 aromatic carbocycles. The summed E-state index contributed by atoms with van der Waals surface area (Å²) >= 11 is 0. The molecular weight excluding hydrogens is 374 g/mol. The molecule has 5 rings (SSSR count). The first kappa shape index (κ1) is 18.4. The average molecular weight is 397 g/mol. The molecule has 0 bridgehead atoms. The number of rotatable bonds is 3. The van der Waals surface area contributed by atoms with Crippen molar-refractivity contribution < 1.29 is 5.11 Å². The van der Waals surface area contributed by atoms with Crippen LogP contribution in [0.3, 0.4) is 0 Å². The Labute approximate surface area is 174 Å². The zero-order chi connectivity index (χ0) is 20.7. The summed E-state index contributed by atoms with van der Waals surface area (Å²) in [6.45, 7) is 1.91. The first-order chi connectivity index (χ1) is 14.6. The van der Waals surface area contributed by atoms with Gasteiger partial charge in [0.25, 0.3) is 5.56 Å². The molecule has 150 valence electrons.